The zero-order chi connectivity index (χ0) is 21.1. The molecule has 3 rings (SSSR count). The smallest absolute Gasteiger partial charge is 0.254 e. The summed E-state index contributed by atoms with van der Waals surface area (Å²) >= 11 is 0. The number of carbonyl (C=O) groups excluding carboxylic acids is 2. The number of nitrogens with two attached hydrogens (primary N) is 1. The van der Waals surface area contributed by atoms with Gasteiger partial charge in [0.15, 0.2) is 0 Å². The van der Waals surface area contributed by atoms with E-state index in [4.69, 9.17) is 5.73 Å². The Balaban J connectivity index is 0.000000426. The van der Waals surface area contributed by atoms with E-state index >= 15 is 0 Å². The number of rotatable bonds is 6. The van der Waals surface area contributed by atoms with Crippen LogP contribution >= 0.6 is 0 Å². The molecule has 3 aromatic carbocycles. The van der Waals surface area contributed by atoms with Crippen LogP contribution in [-0.4, -0.2) is 37.4 Å². The predicted octanol–water partition coefficient (Wildman–Crippen LogP) is 3.57. The van der Waals surface area contributed by atoms with Crippen LogP contribution in [0.4, 0.5) is 5.69 Å². The highest BCUT2D eigenvalue weighted by atomic mass is 16.2. The summed E-state index contributed by atoms with van der Waals surface area (Å²) in [5.41, 5.74) is 7.85. The maximum Gasteiger partial charge on any atom is 0.254 e. The third kappa shape index (κ3) is 7.50. The highest BCUT2D eigenvalue weighted by Gasteiger charge is 2.18. The molecule has 2 N–H and O–H groups in total. The normalized spacial score (nSPS) is 9.72. The minimum atomic E-state index is -0.529. The molecule has 0 heterocycles. The number of primary amides is 1. The number of carbonyl (C=O) groups is 2. The summed E-state index contributed by atoms with van der Waals surface area (Å²) in [5.74, 6) is -0.736. The number of nitrogens with zero attached hydrogens (tertiary/aromatic N) is 2. The van der Waals surface area contributed by atoms with Crippen LogP contribution in [0.1, 0.15) is 15.9 Å². The molecule has 0 saturated carbocycles. The van der Waals surface area contributed by atoms with Crippen LogP contribution < -0.4 is 10.6 Å². The van der Waals surface area contributed by atoms with E-state index in [-0.39, 0.29) is 12.5 Å². The van der Waals surface area contributed by atoms with Crippen LogP contribution in [0, 0.1) is 0 Å². The second-order valence-corrected chi connectivity index (χ2v) is 6.71. The Morgan fingerprint density at radius 2 is 1.24 bits per heavy atom. The molecule has 0 bridgehead atoms. The van der Waals surface area contributed by atoms with E-state index in [2.05, 4.69) is 0 Å². The molecule has 0 aliphatic heterocycles. The third-order valence-electron chi connectivity index (χ3n) is 4.15. The van der Waals surface area contributed by atoms with Crippen molar-refractivity contribution in [1.29, 1.82) is 0 Å². The van der Waals surface area contributed by atoms with Gasteiger partial charge in [-0.15, -0.1) is 0 Å². The molecule has 0 radical (unpaired) electrons. The molecule has 2 amide bonds. The van der Waals surface area contributed by atoms with Crippen LogP contribution in [0.5, 0.6) is 0 Å². The van der Waals surface area contributed by atoms with E-state index in [1.165, 1.54) is 4.90 Å². The Morgan fingerprint density at radius 3 is 1.69 bits per heavy atom. The molecule has 0 spiro atoms. The number of hydrogen-bond donors (Lipinski definition) is 1. The highest BCUT2D eigenvalue weighted by Crippen LogP contribution is 2.15. The Labute approximate surface area is 172 Å². The van der Waals surface area contributed by atoms with Gasteiger partial charge in [-0.1, -0.05) is 66.7 Å². The molecule has 0 fully saturated rings. The zero-order valence-corrected chi connectivity index (χ0v) is 16.9. The Morgan fingerprint density at radius 1 is 0.759 bits per heavy atom. The van der Waals surface area contributed by atoms with Gasteiger partial charge in [-0.3, -0.25) is 9.59 Å². The quantitative estimate of drug-likeness (QED) is 0.701. The summed E-state index contributed by atoms with van der Waals surface area (Å²) in [7, 11) is 3.93. The lowest BCUT2D eigenvalue weighted by Crippen LogP contribution is -2.38. The molecule has 5 heteroatoms. The molecule has 0 aromatic heterocycles. The fraction of sp³-hybridized carbons (Fsp3) is 0.167. The van der Waals surface area contributed by atoms with E-state index in [1.807, 2.05) is 85.7 Å². The molecule has 0 aliphatic rings. The van der Waals surface area contributed by atoms with Gasteiger partial charge in [-0.05, 0) is 29.8 Å². The van der Waals surface area contributed by atoms with Crippen molar-refractivity contribution in [2.45, 2.75) is 6.54 Å². The maximum absolute atomic E-state index is 12.6. The first-order valence-corrected chi connectivity index (χ1v) is 9.36. The minimum absolute atomic E-state index is 0.108. The van der Waals surface area contributed by atoms with E-state index in [1.54, 1.807) is 24.3 Å². The topological polar surface area (TPSA) is 66.6 Å². The van der Waals surface area contributed by atoms with Crippen LogP contribution in [0.25, 0.3) is 0 Å². The van der Waals surface area contributed by atoms with Crippen molar-refractivity contribution >= 4 is 17.5 Å². The van der Waals surface area contributed by atoms with Gasteiger partial charge in [0.1, 0.15) is 0 Å². The fourth-order valence-electron chi connectivity index (χ4n) is 2.66. The average molecular weight is 389 g/mol. The molecule has 0 unspecified atom stereocenters. The van der Waals surface area contributed by atoms with Crippen molar-refractivity contribution in [1.82, 2.24) is 4.90 Å². The molecular formula is C24H27N3O2. The van der Waals surface area contributed by atoms with Crippen molar-refractivity contribution in [2.75, 3.05) is 25.5 Å². The molecule has 0 aliphatic carbocycles. The van der Waals surface area contributed by atoms with Gasteiger partial charge in [0.05, 0.1) is 6.54 Å². The number of hydrogen-bond acceptors (Lipinski definition) is 3. The summed E-state index contributed by atoms with van der Waals surface area (Å²) in [4.78, 5) is 27.3. The summed E-state index contributed by atoms with van der Waals surface area (Å²) in [6.07, 6.45) is 0. The van der Waals surface area contributed by atoms with Crippen LogP contribution in [0.15, 0.2) is 91.0 Å². The van der Waals surface area contributed by atoms with Crippen molar-refractivity contribution in [2.24, 2.45) is 5.73 Å². The summed E-state index contributed by atoms with van der Waals surface area (Å²) in [6, 6.07) is 28.7. The van der Waals surface area contributed by atoms with Crippen molar-refractivity contribution in [3.63, 3.8) is 0 Å². The van der Waals surface area contributed by atoms with Gasteiger partial charge in [0.25, 0.3) is 5.91 Å². The summed E-state index contributed by atoms with van der Waals surface area (Å²) in [5, 5.41) is 0. The molecule has 3 aromatic rings. The number of amides is 2. The summed E-state index contributed by atoms with van der Waals surface area (Å²) < 4.78 is 0. The van der Waals surface area contributed by atoms with Crippen LogP contribution in [0.2, 0.25) is 0 Å². The lowest BCUT2D eigenvalue weighted by atomic mass is 10.1. The zero-order valence-electron chi connectivity index (χ0n) is 16.9. The van der Waals surface area contributed by atoms with Crippen LogP contribution in [0.3, 0.4) is 0 Å². The summed E-state index contributed by atoms with van der Waals surface area (Å²) in [6.45, 7) is 0.230. The second-order valence-electron chi connectivity index (χ2n) is 6.71. The van der Waals surface area contributed by atoms with Gasteiger partial charge in [0, 0.05) is 31.9 Å². The lowest BCUT2D eigenvalue weighted by Gasteiger charge is -2.22. The highest BCUT2D eigenvalue weighted by molar-refractivity contribution is 5.96. The largest absolute Gasteiger partial charge is 0.378 e. The van der Waals surface area contributed by atoms with Gasteiger partial charge in [-0.25, -0.2) is 0 Å². The molecule has 29 heavy (non-hydrogen) atoms. The van der Waals surface area contributed by atoms with Gasteiger partial charge in [-0.2, -0.15) is 0 Å². The monoisotopic (exact) mass is 389 g/mol. The first-order valence-electron chi connectivity index (χ1n) is 9.36. The molecule has 5 nitrogen and oxygen atoms in total. The van der Waals surface area contributed by atoms with Crippen molar-refractivity contribution < 1.29 is 9.59 Å². The maximum atomic E-state index is 12.6. The van der Waals surface area contributed by atoms with Crippen molar-refractivity contribution in [3.05, 3.63) is 102 Å². The molecule has 0 saturated heterocycles. The van der Waals surface area contributed by atoms with E-state index in [9.17, 15) is 9.59 Å². The van der Waals surface area contributed by atoms with Crippen LogP contribution in [-0.2, 0) is 11.3 Å². The first-order chi connectivity index (χ1) is 14.0. The molecular weight excluding hydrogens is 362 g/mol. The molecule has 0 atom stereocenters. The Kier molecular flexibility index (Phi) is 8.45. The predicted molar refractivity (Wildman–Crippen MR) is 118 cm³/mol. The number of benzene rings is 3. The first kappa shape index (κ1) is 21.7. The fourth-order valence-corrected chi connectivity index (χ4v) is 2.66. The lowest BCUT2D eigenvalue weighted by molar-refractivity contribution is -0.118. The standard InChI is InChI=1S/C18H21N3O2.C6H6/c1-20(2)16-10-8-14(9-11-16)12-21(13-17(19)22)18(23)15-6-4-3-5-7-15;1-2-4-6-5-3-1/h3-11H,12-13H2,1-2H3,(H2,19,22);1-6H. The van der Waals surface area contributed by atoms with E-state index < -0.39 is 5.91 Å². The van der Waals surface area contributed by atoms with E-state index in [0.29, 0.717) is 12.1 Å². The van der Waals surface area contributed by atoms with Crippen molar-refractivity contribution in [3.8, 4) is 0 Å². The minimum Gasteiger partial charge on any atom is -0.378 e. The Hall–Kier alpha value is -3.60. The third-order valence-corrected chi connectivity index (χ3v) is 4.15. The Bertz CT molecular complexity index is 852. The molecule has 150 valence electrons. The van der Waals surface area contributed by atoms with Gasteiger partial charge < -0.3 is 15.5 Å². The van der Waals surface area contributed by atoms with Gasteiger partial charge in [0.2, 0.25) is 5.91 Å². The van der Waals surface area contributed by atoms with E-state index in [0.717, 1.165) is 11.3 Å². The van der Waals surface area contributed by atoms with Gasteiger partial charge >= 0.3 is 0 Å². The second kappa shape index (κ2) is 11.3. The number of anilines is 1. The average Bonchev–Trinajstić information content (AvgIpc) is 2.75. The SMILES string of the molecule is CN(C)c1ccc(CN(CC(N)=O)C(=O)c2ccccc2)cc1.c1ccccc1.